The van der Waals surface area contributed by atoms with E-state index in [1.54, 1.807) is 55.8 Å². The molecule has 3 aromatic rings. The Balaban J connectivity index is 2.29. The van der Waals surface area contributed by atoms with Gasteiger partial charge in [0.2, 0.25) is 0 Å². The average molecular weight is 379 g/mol. The summed E-state index contributed by atoms with van der Waals surface area (Å²) in [6, 6.07) is 8.94. The van der Waals surface area contributed by atoms with Crippen LogP contribution in [0.5, 0.6) is 5.75 Å². The Kier molecular flexibility index (Phi) is 4.29. The Morgan fingerprint density at radius 1 is 1.16 bits per heavy atom. The molecule has 0 bridgehead atoms. The van der Waals surface area contributed by atoms with Gasteiger partial charge in [0.05, 0.1) is 23.7 Å². The summed E-state index contributed by atoms with van der Waals surface area (Å²) in [5.74, 6) is 0.288. The van der Waals surface area contributed by atoms with Gasteiger partial charge in [-0.05, 0) is 32.9 Å². The molecule has 2 aromatic heterocycles. The average Bonchev–Trinajstić information content (AvgIpc) is 2.96. The summed E-state index contributed by atoms with van der Waals surface area (Å²) in [5.41, 5.74) is 2.27. The van der Waals surface area contributed by atoms with Gasteiger partial charge in [-0.15, -0.1) is 0 Å². The molecule has 1 aromatic carbocycles. The van der Waals surface area contributed by atoms with Crippen LogP contribution in [0.4, 0.5) is 0 Å². The third-order valence-corrected chi connectivity index (χ3v) is 6.78. The number of hydrogen-bond donors (Lipinski definition) is 0. The Hall–Kier alpha value is -2.05. The summed E-state index contributed by atoms with van der Waals surface area (Å²) in [4.78, 5) is 4.51. The van der Waals surface area contributed by atoms with E-state index in [0.29, 0.717) is 10.7 Å². The standard InChI is InChI=1S/C18H19ClN2O3S/c1-18(2,3)25(22,23)16-11-21-14(12-5-7-13(19)8-6-12)10-20-17(21)9-15(16)24-4/h5-11H,1-4H3. The van der Waals surface area contributed by atoms with E-state index in [2.05, 4.69) is 4.98 Å². The highest BCUT2D eigenvalue weighted by Gasteiger charge is 2.34. The minimum Gasteiger partial charge on any atom is -0.495 e. The van der Waals surface area contributed by atoms with Crippen molar-refractivity contribution in [3.8, 4) is 17.0 Å². The fourth-order valence-corrected chi connectivity index (χ4v) is 3.95. The van der Waals surface area contributed by atoms with Gasteiger partial charge < -0.3 is 4.74 Å². The maximum Gasteiger partial charge on any atom is 0.188 e. The molecule has 0 spiro atoms. The fraction of sp³-hybridized carbons (Fsp3) is 0.278. The number of sulfone groups is 1. The Morgan fingerprint density at radius 2 is 1.80 bits per heavy atom. The second kappa shape index (κ2) is 6.04. The molecule has 0 fully saturated rings. The first-order chi connectivity index (χ1) is 11.6. The van der Waals surface area contributed by atoms with E-state index in [-0.39, 0.29) is 10.6 Å². The van der Waals surface area contributed by atoms with Crippen molar-refractivity contribution in [2.45, 2.75) is 30.4 Å². The minimum absolute atomic E-state index is 0.142. The number of nitrogens with zero attached hydrogens (tertiary/aromatic N) is 2. The first kappa shape index (κ1) is 17.8. The lowest BCUT2D eigenvalue weighted by atomic mass is 10.2. The van der Waals surface area contributed by atoms with Gasteiger partial charge in [0.25, 0.3) is 0 Å². The molecule has 0 saturated carbocycles. The molecule has 0 radical (unpaired) electrons. The lowest BCUT2D eigenvalue weighted by Gasteiger charge is -2.21. The van der Waals surface area contributed by atoms with Crippen molar-refractivity contribution in [2.75, 3.05) is 7.11 Å². The van der Waals surface area contributed by atoms with Crippen LogP contribution < -0.4 is 4.74 Å². The van der Waals surface area contributed by atoms with Crippen molar-refractivity contribution in [3.63, 3.8) is 0 Å². The Bertz CT molecular complexity index is 1030. The van der Waals surface area contributed by atoms with E-state index < -0.39 is 14.6 Å². The number of imidazole rings is 1. The van der Waals surface area contributed by atoms with Crippen molar-refractivity contribution in [3.05, 3.63) is 47.7 Å². The molecule has 0 aliphatic carbocycles. The Labute approximate surface area is 152 Å². The number of halogens is 1. The highest BCUT2D eigenvalue weighted by molar-refractivity contribution is 7.92. The zero-order chi connectivity index (χ0) is 18.4. The summed E-state index contributed by atoms with van der Waals surface area (Å²) in [6.07, 6.45) is 3.27. The predicted octanol–water partition coefficient (Wildman–Crippen LogP) is 4.24. The quantitative estimate of drug-likeness (QED) is 0.684. The van der Waals surface area contributed by atoms with Crippen molar-refractivity contribution < 1.29 is 13.2 Å². The van der Waals surface area contributed by atoms with E-state index in [4.69, 9.17) is 16.3 Å². The van der Waals surface area contributed by atoms with E-state index in [1.807, 2.05) is 12.1 Å². The number of aromatic nitrogens is 2. The summed E-state index contributed by atoms with van der Waals surface area (Å²) < 4.78 is 32.0. The third-order valence-electron chi connectivity index (χ3n) is 4.03. The van der Waals surface area contributed by atoms with Crippen LogP contribution in [0.2, 0.25) is 5.02 Å². The molecular weight excluding hydrogens is 360 g/mol. The largest absolute Gasteiger partial charge is 0.495 e. The van der Waals surface area contributed by atoms with Crippen LogP contribution in [-0.2, 0) is 9.84 Å². The minimum atomic E-state index is -3.59. The van der Waals surface area contributed by atoms with Crippen LogP contribution >= 0.6 is 11.6 Å². The van der Waals surface area contributed by atoms with Crippen LogP contribution in [-0.4, -0.2) is 29.7 Å². The second-order valence-electron chi connectivity index (χ2n) is 6.70. The van der Waals surface area contributed by atoms with Crippen LogP contribution in [0.25, 0.3) is 16.9 Å². The zero-order valence-corrected chi connectivity index (χ0v) is 16.0. The number of methoxy groups -OCH3 is 1. The first-order valence-corrected chi connectivity index (χ1v) is 9.57. The van der Waals surface area contributed by atoms with Gasteiger partial charge in [0, 0.05) is 22.8 Å². The van der Waals surface area contributed by atoms with E-state index in [9.17, 15) is 8.42 Å². The van der Waals surface area contributed by atoms with Gasteiger partial charge in [-0.3, -0.25) is 4.40 Å². The van der Waals surface area contributed by atoms with Gasteiger partial charge in [-0.2, -0.15) is 0 Å². The van der Waals surface area contributed by atoms with Gasteiger partial charge >= 0.3 is 0 Å². The number of benzene rings is 1. The van der Waals surface area contributed by atoms with E-state index >= 15 is 0 Å². The molecule has 0 atom stereocenters. The Morgan fingerprint density at radius 3 is 2.36 bits per heavy atom. The predicted molar refractivity (Wildman–Crippen MR) is 99.1 cm³/mol. The molecule has 0 unspecified atom stereocenters. The van der Waals surface area contributed by atoms with Gasteiger partial charge in [0.15, 0.2) is 9.84 Å². The van der Waals surface area contributed by atoms with Crippen LogP contribution in [0.3, 0.4) is 0 Å². The molecule has 2 heterocycles. The number of rotatable bonds is 3. The number of fused-ring (bicyclic) bond motifs is 1. The molecule has 0 aliphatic heterocycles. The van der Waals surface area contributed by atoms with Crippen molar-refractivity contribution in [2.24, 2.45) is 0 Å². The lowest BCUT2D eigenvalue weighted by molar-refractivity contribution is 0.401. The number of pyridine rings is 1. The molecule has 5 nitrogen and oxygen atoms in total. The lowest BCUT2D eigenvalue weighted by Crippen LogP contribution is -2.28. The maximum atomic E-state index is 13.0. The van der Waals surface area contributed by atoms with E-state index in [1.165, 1.54) is 7.11 Å². The molecule has 132 valence electrons. The molecule has 0 saturated heterocycles. The maximum absolute atomic E-state index is 13.0. The second-order valence-corrected chi connectivity index (χ2v) is 9.81. The summed E-state index contributed by atoms with van der Waals surface area (Å²) in [6.45, 7) is 5.00. The zero-order valence-electron chi connectivity index (χ0n) is 14.4. The van der Waals surface area contributed by atoms with Crippen LogP contribution in [0.1, 0.15) is 20.8 Å². The van der Waals surface area contributed by atoms with Crippen molar-refractivity contribution in [1.29, 1.82) is 0 Å². The summed E-state index contributed by atoms with van der Waals surface area (Å²) in [7, 11) is -2.13. The van der Waals surface area contributed by atoms with Crippen LogP contribution in [0, 0.1) is 0 Å². The monoisotopic (exact) mass is 378 g/mol. The SMILES string of the molecule is COc1cc2ncc(-c3ccc(Cl)cc3)n2cc1S(=O)(=O)C(C)(C)C. The van der Waals surface area contributed by atoms with Gasteiger partial charge in [-0.1, -0.05) is 23.7 Å². The summed E-state index contributed by atoms with van der Waals surface area (Å²) >= 11 is 5.95. The highest BCUT2D eigenvalue weighted by Crippen LogP contribution is 2.34. The smallest absolute Gasteiger partial charge is 0.188 e. The number of hydrogen-bond acceptors (Lipinski definition) is 4. The summed E-state index contributed by atoms with van der Waals surface area (Å²) in [5, 5.41) is 0.634. The van der Waals surface area contributed by atoms with E-state index in [0.717, 1.165) is 11.3 Å². The van der Waals surface area contributed by atoms with Gasteiger partial charge in [-0.25, -0.2) is 13.4 Å². The van der Waals surface area contributed by atoms with Gasteiger partial charge in [0.1, 0.15) is 16.3 Å². The normalized spacial score (nSPS) is 12.5. The number of ether oxygens (including phenoxy) is 1. The molecule has 7 heteroatoms. The van der Waals surface area contributed by atoms with Crippen molar-refractivity contribution >= 4 is 27.1 Å². The highest BCUT2D eigenvalue weighted by atomic mass is 35.5. The fourth-order valence-electron chi connectivity index (χ4n) is 2.51. The molecule has 0 N–H and O–H groups in total. The van der Waals surface area contributed by atoms with Crippen LogP contribution in [0.15, 0.2) is 47.6 Å². The van der Waals surface area contributed by atoms with Crippen molar-refractivity contribution in [1.82, 2.24) is 9.38 Å². The molecule has 0 amide bonds. The topological polar surface area (TPSA) is 60.7 Å². The molecule has 3 rings (SSSR count). The first-order valence-electron chi connectivity index (χ1n) is 7.71. The molecule has 25 heavy (non-hydrogen) atoms. The molecular formula is C18H19ClN2O3S. The third kappa shape index (κ3) is 3.00. The molecule has 0 aliphatic rings.